The van der Waals surface area contributed by atoms with Crippen molar-refractivity contribution < 1.29 is 14.7 Å². The molecule has 2 atom stereocenters. The number of halogens is 2. The second kappa shape index (κ2) is 9.57. The molecule has 1 aliphatic rings. The second-order valence-corrected chi connectivity index (χ2v) is 9.36. The summed E-state index contributed by atoms with van der Waals surface area (Å²) in [5, 5.41) is 11.1. The molecule has 0 saturated heterocycles. The zero-order valence-corrected chi connectivity index (χ0v) is 20.1. The van der Waals surface area contributed by atoms with Crippen LogP contribution in [0.15, 0.2) is 97.1 Å². The number of hydrogen-bond acceptors (Lipinski definition) is 2. The van der Waals surface area contributed by atoms with Gasteiger partial charge in [0.15, 0.2) is 0 Å². The van der Waals surface area contributed by atoms with Crippen LogP contribution in [0.25, 0.3) is 11.1 Å². The number of carboxylic acids is 1. The van der Waals surface area contributed by atoms with Gasteiger partial charge in [0.05, 0.1) is 6.04 Å². The Hall–Kier alpha value is -3.60. The van der Waals surface area contributed by atoms with E-state index in [1.165, 1.54) is 0 Å². The van der Waals surface area contributed by atoms with Crippen LogP contribution >= 0.6 is 23.2 Å². The molecule has 0 aromatic heterocycles. The first-order chi connectivity index (χ1) is 16.9. The maximum atomic E-state index is 13.8. The Labute approximate surface area is 213 Å². The van der Waals surface area contributed by atoms with E-state index in [2.05, 4.69) is 0 Å². The molecule has 4 nitrogen and oxygen atoms in total. The average Bonchev–Trinajstić information content (AvgIpc) is 2.86. The van der Waals surface area contributed by atoms with Crippen molar-refractivity contribution in [2.75, 3.05) is 0 Å². The summed E-state index contributed by atoms with van der Waals surface area (Å²) in [5.74, 6) is -2.25. The minimum atomic E-state index is -1.02. The number of carbonyl (C=O) groups is 2. The molecule has 0 bridgehead atoms. The van der Waals surface area contributed by atoms with E-state index in [0.717, 1.165) is 16.7 Å². The van der Waals surface area contributed by atoms with E-state index in [4.69, 9.17) is 23.2 Å². The molecule has 5 rings (SSSR count). The molecule has 174 valence electrons. The highest BCUT2D eigenvalue weighted by Crippen LogP contribution is 2.46. The molecule has 0 spiro atoms. The Kier molecular flexibility index (Phi) is 6.33. The molecule has 6 heteroatoms. The van der Waals surface area contributed by atoms with Gasteiger partial charge in [0, 0.05) is 22.2 Å². The van der Waals surface area contributed by atoms with Crippen LogP contribution in [-0.2, 0) is 11.3 Å². The Bertz CT molecular complexity index is 1420. The van der Waals surface area contributed by atoms with E-state index in [1.807, 2.05) is 54.6 Å². The van der Waals surface area contributed by atoms with Gasteiger partial charge in [-0.05, 0) is 52.1 Å². The van der Waals surface area contributed by atoms with Crippen LogP contribution in [0.5, 0.6) is 0 Å². The van der Waals surface area contributed by atoms with Crippen LogP contribution in [-0.4, -0.2) is 21.9 Å². The lowest BCUT2D eigenvalue weighted by Gasteiger charge is -2.41. The van der Waals surface area contributed by atoms with Gasteiger partial charge in [-0.25, -0.2) is 0 Å². The number of benzene rings is 4. The predicted octanol–water partition coefficient (Wildman–Crippen LogP) is 7.23. The molecule has 0 aliphatic carbocycles. The summed E-state index contributed by atoms with van der Waals surface area (Å²) in [6.07, 6.45) is 0. The lowest BCUT2D eigenvalue weighted by atomic mass is 9.79. The number of carbonyl (C=O) groups excluding carboxylic acids is 1. The Morgan fingerprint density at radius 3 is 2.26 bits per heavy atom. The molecule has 1 N–H and O–H groups in total. The van der Waals surface area contributed by atoms with Gasteiger partial charge in [0.1, 0.15) is 5.92 Å². The second-order valence-electron chi connectivity index (χ2n) is 8.51. The van der Waals surface area contributed by atoms with E-state index in [0.29, 0.717) is 26.7 Å². The van der Waals surface area contributed by atoms with E-state index in [1.54, 1.807) is 47.4 Å². The van der Waals surface area contributed by atoms with Gasteiger partial charge in [-0.2, -0.15) is 0 Å². The molecule has 0 fully saturated rings. The Balaban J connectivity index is 1.64. The Morgan fingerprint density at radius 2 is 1.51 bits per heavy atom. The lowest BCUT2D eigenvalue weighted by Crippen LogP contribution is -2.44. The molecular formula is C29H21Cl2NO3. The molecular weight excluding hydrogens is 481 g/mol. The van der Waals surface area contributed by atoms with Crippen molar-refractivity contribution in [1.82, 2.24) is 4.90 Å². The van der Waals surface area contributed by atoms with E-state index in [9.17, 15) is 14.7 Å². The summed E-state index contributed by atoms with van der Waals surface area (Å²) in [6.45, 7) is 0.223. The van der Waals surface area contributed by atoms with Crippen LogP contribution in [0.3, 0.4) is 0 Å². The number of rotatable bonds is 5. The fraction of sp³-hybridized carbons (Fsp3) is 0.103. The van der Waals surface area contributed by atoms with E-state index >= 15 is 0 Å². The number of nitrogens with zero attached hydrogens (tertiary/aromatic N) is 1. The van der Waals surface area contributed by atoms with Crippen LogP contribution < -0.4 is 0 Å². The molecule has 0 saturated carbocycles. The average molecular weight is 502 g/mol. The van der Waals surface area contributed by atoms with Crippen LogP contribution in [0.1, 0.15) is 39.0 Å². The smallest absolute Gasteiger partial charge is 0.313 e. The van der Waals surface area contributed by atoms with E-state index < -0.39 is 17.9 Å². The first-order valence-electron chi connectivity index (χ1n) is 11.2. The standard InChI is InChI=1S/C29H21Cl2NO3/c30-21-13-14-24(25(31)16-21)27-26(29(34)35)22-11-4-5-12-23(22)28(33)32(27)17-18-7-6-10-20(15-18)19-8-2-1-3-9-19/h1-16,26-27H,17H2,(H,34,35). The SMILES string of the molecule is O=C(O)C1c2ccccc2C(=O)N(Cc2cccc(-c3ccccc3)c2)C1c1ccc(Cl)cc1Cl. The van der Waals surface area contributed by atoms with Crippen molar-refractivity contribution in [3.05, 3.63) is 129 Å². The molecule has 1 amide bonds. The van der Waals surface area contributed by atoms with Crippen LogP contribution in [0.2, 0.25) is 10.0 Å². The van der Waals surface area contributed by atoms with E-state index in [-0.39, 0.29) is 12.5 Å². The molecule has 1 aliphatic heterocycles. The third kappa shape index (κ3) is 4.43. The van der Waals surface area contributed by atoms with Crippen molar-refractivity contribution in [2.45, 2.75) is 18.5 Å². The highest BCUT2D eigenvalue weighted by molar-refractivity contribution is 6.35. The maximum Gasteiger partial charge on any atom is 0.313 e. The topological polar surface area (TPSA) is 57.6 Å². The number of aliphatic carboxylic acids is 1. The number of hydrogen-bond donors (Lipinski definition) is 1. The van der Waals surface area contributed by atoms with Gasteiger partial charge >= 0.3 is 5.97 Å². The van der Waals surface area contributed by atoms with Crippen molar-refractivity contribution in [2.24, 2.45) is 0 Å². The predicted molar refractivity (Wildman–Crippen MR) is 138 cm³/mol. The minimum absolute atomic E-state index is 0.223. The third-order valence-corrected chi connectivity index (χ3v) is 6.94. The van der Waals surface area contributed by atoms with Gasteiger partial charge in [0.2, 0.25) is 0 Å². The summed E-state index contributed by atoms with van der Waals surface area (Å²) in [6, 6.07) is 28.9. The molecule has 4 aromatic rings. The summed E-state index contributed by atoms with van der Waals surface area (Å²) in [7, 11) is 0. The zero-order chi connectivity index (χ0) is 24.5. The van der Waals surface area contributed by atoms with Crippen molar-refractivity contribution >= 4 is 35.1 Å². The van der Waals surface area contributed by atoms with Crippen LogP contribution in [0, 0.1) is 0 Å². The summed E-state index contributed by atoms with van der Waals surface area (Å²) in [4.78, 5) is 28.0. The summed E-state index contributed by atoms with van der Waals surface area (Å²) in [5.41, 5.74) is 4.38. The zero-order valence-electron chi connectivity index (χ0n) is 18.6. The molecule has 1 heterocycles. The minimum Gasteiger partial charge on any atom is -0.481 e. The molecule has 2 unspecified atom stereocenters. The fourth-order valence-corrected chi connectivity index (χ4v) is 5.32. The highest BCUT2D eigenvalue weighted by atomic mass is 35.5. The van der Waals surface area contributed by atoms with Gasteiger partial charge < -0.3 is 10.0 Å². The third-order valence-electron chi connectivity index (χ3n) is 6.37. The Morgan fingerprint density at radius 1 is 0.800 bits per heavy atom. The molecule has 4 aromatic carbocycles. The first-order valence-corrected chi connectivity index (χ1v) is 11.9. The highest BCUT2D eigenvalue weighted by Gasteiger charge is 2.45. The molecule has 0 radical (unpaired) electrons. The van der Waals surface area contributed by atoms with Crippen LogP contribution in [0.4, 0.5) is 0 Å². The fourth-order valence-electron chi connectivity index (χ4n) is 4.80. The number of carboxylic acid groups (broad SMARTS) is 1. The number of amides is 1. The largest absolute Gasteiger partial charge is 0.481 e. The summed E-state index contributed by atoms with van der Waals surface area (Å²) < 4.78 is 0. The quantitative estimate of drug-likeness (QED) is 0.313. The van der Waals surface area contributed by atoms with Gasteiger partial charge in [-0.1, -0.05) is 96.0 Å². The monoisotopic (exact) mass is 501 g/mol. The number of fused-ring (bicyclic) bond motifs is 1. The van der Waals surface area contributed by atoms with Gasteiger partial charge in [-0.15, -0.1) is 0 Å². The normalized spacial score (nSPS) is 17.2. The van der Waals surface area contributed by atoms with Crippen molar-refractivity contribution in [3.63, 3.8) is 0 Å². The summed E-state index contributed by atoms with van der Waals surface area (Å²) >= 11 is 12.7. The molecule has 35 heavy (non-hydrogen) atoms. The maximum absolute atomic E-state index is 13.8. The van der Waals surface area contributed by atoms with Crippen molar-refractivity contribution in [1.29, 1.82) is 0 Å². The van der Waals surface area contributed by atoms with Gasteiger partial charge in [0.25, 0.3) is 5.91 Å². The first kappa shape index (κ1) is 23.2. The van der Waals surface area contributed by atoms with Crippen molar-refractivity contribution in [3.8, 4) is 11.1 Å². The van der Waals surface area contributed by atoms with Gasteiger partial charge in [-0.3, -0.25) is 9.59 Å². The lowest BCUT2D eigenvalue weighted by molar-refractivity contribution is -0.140.